The van der Waals surface area contributed by atoms with Gasteiger partial charge in [0.25, 0.3) is 0 Å². The van der Waals surface area contributed by atoms with Crippen LogP contribution in [0.4, 0.5) is 11.4 Å². The van der Waals surface area contributed by atoms with Gasteiger partial charge in [0.2, 0.25) is 11.8 Å². The van der Waals surface area contributed by atoms with Gasteiger partial charge in [-0.2, -0.15) is 10.5 Å². The van der Waals surface area contributed by atoms with Crippen LogP contribution in [0.25, 0.3) is 0 Å². The Morgan fingerprint density at radius 3 is 1.52 bits per heavy atom. The Balaban J connectivity index is 1.39. The monoisotopic (exact) mass is 494 g/mol. The Labute approximate surface area is 203 Å². The summed E-state index contributed by atoms with van der Waals surface area (Å²) in [4.78, 5) is 24.3. The molecule has 0 aliphatic heterocycles. The standard InChI is InChI=1S/C22H18N6O2S3/c23-11-9-15-1-5-17(6-2-15)25-19(29)13-31-21-27-28-22(33-21)32-14-20(30)26-18-7-3-16(4-8-18)10-12-24/h1-8H,9-10,13-14H2,(H,25,29)(H,26,30). The fourth-order valence-corrected chi connectivity index (χ4v) is 5.18. The van der Waals surface area contributed by atoms with Crippen molar-refractivity contribution in [2.75, 3.05) is 22.1 Å². The second-order valence-electron chi connectivity index (χ2n) is 6.57. The van der Waals surface area contributed by atoms with Gasteiger partial charge in [-0.15, -0.1) is 10.2 Å². The van der Waals surface area contributed by atoms with Crippen LogP contribution in [0, 0.1) is 22.7 Å². The van der Waals surface area contributed by atoms with Crippen LogP contribution >= 0.6 is 34.9 Å². The summed E-state index contributed by atoms with van der Waals surface area (Å²) in [6, 6.07) is 18.4. The minimum atomic E-state index is -0.169. The lowest BCUT2D eigenvalue weighted by molar-refractivity contribution is -0.114. The maximum atomic E-state index is 12.1. The number of anilines is 2. The van der Waals surface area contributed by atoms with E-state index in [1.165, 1.54) is 34.9 Å². The summed E-state index contributed by atoms with van der Waals surface area (Å²) >= 11 is 3.88. The van der Waals surface area contributed by atoms with E-state index in [1.54, 1.807) is 48.5 Å². The first kappa shape index (κ1) is 24.3. The minimum Gasteiger partial charge on any atom is -0.325 e. The zero-order valence-electron chi connectivity index (χ0n) is 17.3. The van der Waals surface area contributed by atoms with Gasteiger partial charge in [-0.05, 0) is 35.4 Å². The van der Waals surface area contributed by atoms with Gasteiger partial charge in [0, 0.05) is 11.4 Å². The van der Waals surface area contributed by atoms with Crippen molar-refractivity contribution in [1.82, 2.24) is 10.2 Å². The molecule has 1 heterocycles. The van der Waals surface area contributed by atoms with Crippen LogP contribution in [0.1, 0.15) is 11.1 Å². The number of amides is 2. The maximum Gasteiger partial charge on any atom is 0.234 e. The molecule has 0 aliphatic carbocycles. The molecule has 2 amide bonds. The lowest BCUT2D eigenvalue weighted by Gasteiger charge is -2.05. The molecule has 0 saturated carbocycles. The summed E-state index contributed by atoms with van der Waals surface area (Å²) in [5, 5.41) is 31.1. The average molecular weight is 495 g/mol. The topological polar surface area (TPSA) is 132 Å². The number of benzene rings is 2. The van der Waals surface area contributed by atoms with E-state index in [0.717, 1.165) is 11.1 Å². The minimum absolute atomic E-state index is 0.169. The van der Waals surface area contributed by atoms with E-state index in [-0.39, 0.29) is 23.3 Å². The molecule has 0 spiro atoms. The molecule has 1 aromatic heterocycles. The zero-order chi connectivity index (χ0) is 23.5. The Kier molecular flexibility index (Phi) is 9.27. The molecule has 0 unspecified atom stereocenters. The molecule has 0 atom stereocenters. The molecule has 0 fully saturated rings. The van der Waals surface area contributed by atoms with Gasteiger partial charge in [0.1, 0.15) is 0 Å². The molecule has 3 rings (SSSR count). The van der Waals surface area contributed by atoms with Crippen molar-refractivity contribution in [2.24, 2.45) is 0 Å². The number of nitriles is 2. The second kappa shape index (κ2) is 12.6. The first-order valence-corrected chi connectivity index (χ1v) is 12.4. The van der Waals surface area contributed by atoms with Crippen molar-refractivity contribution in [2.45, 2.75) is 21.5 Å². The third-order valence-corrected chi connectivity index (χ3v) is 7.27. The number of carbonyl (C=O) groups is 2. The lowest BCUT2D eigenvalue weighted by Crippen LogP contribution is -2.13. The fraction of sp³-hybridized carbons (Fsp3) is 0.182. The summed E-state index contributed by atoms with van der Waals surface area (Å²) < 4.78 is 1.29. The number of aromatic nitrogens is 2. The molecular formula is C22H18N6O2S3. The van der Waals surface area contributed by atoms with Crippen LogP contribution in [0.15, 0.2) is 57.2 Å². The summed E-state index contributed by atoms with van der Waals surface area (Å²) in [7, 11) is 0. The maximum absolute atomic E-state index is 12.1. The number of hydrogen-bond donors (Lipinski definition) is 2. The molecule has 33 heavy (non-hydrogen) atoms. The summed E-state index contributed by atoms with van der Waals surface area (Å²) in [5.41, 5.74) is 3.12. The predicted molar refractivity (Wildman–Crippen MR) is 130 cm³/mol. The van der Waals surface area contributed by atoms with E-state index in [2.05, 4.69) is 33.0 Å². The lowest BCUT2D eigenvalue weighted by atomic mass is 10.1. The summed E-state index contributed by atoms with van der Waals surface area (Å²) in [5.74, 6) is 0.0264. The number of rotatable bonds is 10. The van der Waals surface area contributed by atoms with E-state index in [4.69, 9.17) is 10.5 Å². The van der Waals surface area contributed by atoms with Crippen molar-refractivity contribution < 1.29 is 9.59 Å². The Bertz CT molecular complexity index is 1090. The van der Waals surface area contributed by atoms with Crippen LogP contribution in [-0.2, 0) is 22.4 Å². The van der Waals surface area contributed by atoms with E-state index in [9.17, 15) is 9.59 Å². The highest BCUT2D eigenvalue weighted by Gasteiger charge is 2.11. The highest BCUT2D eigenvalue weighted by Crippen LogP contribution is 2.29. The zero-order valence-corrected chi connectivity index (χ0v) is 19.7. The van der Waals surface area contributed by atoms with Gasteiger partial charge in [0.05, 0.1) is 36.5 Å². The molecule has 0 aliphatic rings. The molecule has 0 bridgehead atoms. The van der Waals surface area contributed by atoms with Crippen LogP contribution in [0.5, 0.6) is 0 Å². The molecule has 166 valence electrons. The molecule has 3 aromatic rings. The average Bonchev–Trinajstić information content (AvgIpc) is 3.27. The number of thioether (sulfide) groups is 2. The van der Waals surface area contributed by atoms with Crippen molar-refractivity contribution in [3.8, 4) is 12.1 Å². The molecular weight excluding hydrogens is 476 g/mol. The van der Waals surface area contributed by atoms with E-state index in [1.807, 2.05) is 0 Å². The Morgan fingerprint density at radius 1 is 0.758 bits per heavy atom. The molecule has 11 heteroatoms. The van der Waals surface area contributed by atoms with Gasteiger partial charge in [-0.1, -0.05) is 59.1 Å². The van der Waals surface area contributed by atoms with E-state index >= 15 is 0 Å². The normalized spacial score (nSPS) is 10.1. The molecule has 0 saturated heterocycles. The third-order valence-electron chi connectivity index (χ3n) is 4.08. The Hall–Kier alpha value is -3.38. The quantitative estimate of drug-likeness (QED) is 0.402. The SMILES string of the molecule is N#CCc1ccc(NC(=O)CSc2nnc(SCC(=O)Nc3ccc(CC#N)cc3)s2)cc1. The van der Waals surface area contributed by atoms with Gasteiger partial charge >= 0.3 is 0 Å². The van der Waals surface area contributed by atoms with Gasteiger partial charge in [-0.25, -0.2) is 0 Å². The van der Waals surface area contributed by atoms with Crippen LogP contribution in [0.2, 0.25) is 0 Å². The highest BCUT2D eigenvalue weighted by atomic mass is 32.2. The largest absolute Gasteiger partial charge is 0.325 e. The van der Waals surface area contributed by atoms with Gasteiger partial charge in [-0.3, -0.25) is 9.59 Å². The molecule has 0 radical (unpaired) electrons. The fourth-order valence-electron chi connectivity index (χ4n) is 2.56. The van der Waals surface area contributed by atoms with Crippen LogP contribution < -0.4 is 10.6 Å². The van der Waals surface area contributed by atoms with Crippen LogP contribution in [-0.4, -0.2) is 33.5 Å². The summed E-state index contributed by atoms with van der Waals surface area (Å²) in [6.07, 6.45) is 0.666. The molecule has 2 N–H and O–H groups in total. The van der Waals surface area contributed by atoms with Gasteiger partial charge in [0.15, 0.2) is 8.68 Å². The third kappa shape index (κ3) is 8.24. The van der Waals surface area contributed by atoms with Crippen molar-refractivity contribution in [1.29, 1.82) is 10.5 Å². The van der Waals surface area contributed by atoms with Crippen molar-refractivity contribution in [3.63, 3.8) is 0 Å². The Morgan fingerprint density at radius 2 is 1.15 bits per heavy atom. The smallest absolute Gasteiger partial charge is 0.234 e. The highest BCUT2D eigenvalue weighted by molar-refractivity contribution is 8.03. The van der Waals surface area contributed by atoms with Crippen molar-refractivity contribution >= 4 is 58.0 Å². The van der Waals surface area contributed by atoms with Crippen LogP contribution in [0.3, 0.4) is 0 Å². The second-order valence-corrected chi connectivity index (χ2v) is 9.99. The number of nitrogens with zero attached hydrogens (tertiary/aromatic N) is 4. The molecule has 2 aromatic carbocycles. The number of carbonyl (C=O) groups excluding carboxylic acids is 2. The predicted octanol–water partition coefficient (Wildman–Crippen LogP) is 4.13. The number of nitrogens with one attached hydrogen (secondary N) is 2. The van der Waals surface area contributed by atoms with Crippen molar-refractivity contribution in [3.05, 3.63) is 59.7 Å². The van der Waals surface area contributed by atoms with Gasteiger partial charge < -0.3 is 10.6 Å². The van der Waals surface area contributed by atoms with E-state index in [0.29, 0.717) is 32.9 Å². The summed E-state index contributed by atoms with van der Waals surface area (Å²) in [6.45, 7) is 0. The first-order chi connectivity index (χ1) is 16.1. The number of hydrogen-bond acceptors (Lipinski definition) is 9. The molecule has 8 nitrogen and oxygen atoms in total. The first-order valence-electron chi connectivity index (χ1n) is 9.66. The van der Waals surface area contributed by atoms with E-state index < -0.39 is 0 Å².